The molecule has 1 aromatic rings. The van der Waals surface area contributed by atoms with E-state index in [1.807, 2.05) is 4.90 Å². The van der Waals surface area contributed by atoms with Crippen LogP contribution in [0.25, 0.3) is 0 Å². The second kappa shape index (κ2) is 8.32. The van der Waals surface area contributed by atoms with Gasteiger partial charge in [0.15, 0.2) is 0 Å². The number of benzene rings is 1. The fourth-order valence-corrected chi connectivity index (χ4v) is 4.91. The molecule has 0 bridgehead atoms. The summed E-state index contributed by atoms with van der Waals surface area (Å²) in [5, 5.41) is 3.29. The summed E-state index contributed by atoms with van der Waals surface area (Å²) in [5.74, 6) is 0.302. The van der Waals surface area contributed by atoms with Crippen LogP contribution in [0.15, 0.2) is 24.3 Å². The Labute approximate surface area is 162 Å². The lowest BCUT2D eigenvalue weighted by Gasteiger charge is -2.27. The highest BCUT2D eigenvalue weighted by Gasteiger charge is 2.30. The van der Waals surface area contributed by atoms with E-state index in [0.29, 0.717) is 18.4 Å². The van der Waals surface area contributed by atoms with Gasteiger partial charge in [0.25, 0.3) is 0 Å². The van der Waals surface area contributed by atoms with Crippen LogP contribution in [-0.2, 0) is 17.6 Å². The van der Waals surface area contributed by atoms with Gasteiger partial charge in [0, 0.05) is 38.1 Å². The Bertz CT molecular complexity index is 663. The Hall–Kier alpha value is -2.04. The third-order valence-corrected chi connectivity index (χ3v) is 6.51. The SMILES string of the molecule is O=C(NC1CCc2ccccc2CC1)N1CCCC(N2CCCC2=O)CC1. The van der Waals surface area contributed by atoms with E-state index in [1.165, 1.54) is 11.1 Å². The third-order valence-electron chi connectivity index (χ3n) is 6.51. The molecule has 2 aliphatic heterocycles. The van der Waals surface area contributed by atoms with Gasteiger partial charge in [-0.3, -0.25) is 4.79 Å². The van der Waals surface area contributed by atoms with Gasteiger partial charge in [-0.2, -0.15) is 0 Å². The van der Waals surface area contributed by atoms with Gasteiger partial charge in [-0.05, 0) is 62.5 Å². The minimum absolute atomic E-state index is 0.0827. The van der Waals surface area contributed by atoms with Gasteiger partial charge in [-0.25, -0.2) is 4.79 Å². The molecule has 2 saturated heterocycles. The number of nitrogens with zero attached hydrogens (tertiary/aromatic N) is 2. The number of rotatable bonds is 2. The minimum Gasteiger partial charge on any atom is -0.340 e. The average Bonchev–Trinajstić information content (AvgIpc) is 2.88. The van der Waals surface area contributed by atoms with Crippen molar-refractivity contribution in [1.82, 2.24) is 15.1 Å². The quantitative estimate of drug-likeness (QED) is 0.815. The predicted octanol–water partition coefficient (Wildman–Crippen LogP) is 3.12. The molecule has 0 aromatic heterocycles. The van der Waals surface area contributed by atoms with E-state index in [0.717, 1.165) is 71.0 Å². The van der Waals surface area contributed by atoms with Gasteiger partial charge < -0.3 is 15.1 Å². The van der Waals surface area contributed by atoms with Crippen LogP contribution >= 0.6 is 0 Å². The zero-order valence-corrected chi connectivity index (χ0v) is 16.2. The first-order valence-corrected chi connectivity index (χ1v) is 10.6. The van der Waals surface area contributed by atoms with E-state index in [1.54, 1.807) is 0 Å². The molecule has 1 N–H and O–H groups in total. The molecule has 0 radical (unpaired) electrons. The summed E-state index contributed by atoms with van der Waals surface area (Å²) in [6.07, 6.45) is 8.72. The largest absolute Gasteiger partial charge is 0.340 e. The van der Waals surface area contributed by atoms with E-state index >= 15 is 0 Å². The van der Waals surface area contributed by atoms with E-state index in [4.69, 9.17) is 0 Å². The van der Waals surface area contributed by atoms with E-state index in [-0.39, 0.29) is 12.1 Å². The molecular formula is C22H31N3O2. The van der Waals surface area contributed by atoms with Crippen molar-refractivity contribution in [3.63, 3.8) is 0 Å². The summed E-state index contributed by atoms with van der Waals surface area (Å²) in [4.78, 5) is 28.9. The van der Waals surface area contributed by atoms with Gasteiger partial charge >= 0.3 is 6.03 Å². The van der Waals surface area contributed by atoms with E-state index < -0.39 is 0 Å². The van der Waals surface area contributed by atoms with Crippen LogP contribution in [-0.4, -0.2) is 53.5 Å². The normalized spacial score (nSPS) is 24.3. The maximum atomic E-state index is 12.8. The summed E-state index contributed by atoms with van der Waals surface area (Å²) in [5.41, 5.74) is 2.87. The number of nitrogens with one attached hydrogen (secondary N) is 1. The predicted molar refractivity (Wildman–Crippen MR) is 106 cm³/mol. The molecule has 3 amide bonds. The lowest BCUT2D eigenvalue weighted by molar-refractivity contribution is -0.129. The lowest BCUT2D eigenvalue weighted by Crippen LogP contribution is -2.45. The Kier molecular flexibility index (Phi) is 5.65. The monoisotopic (exact) mass is 369 g/mol. The highest BCUT2D eigenvalue weighted by atomic mass is 16.2. The number of carbonyl (C=O) groups is 2. The second-order valence-electron chi connectivity index (χ2n) is 8.25. The zero-order chi connectivity index (χ0) is 18.6. The van der Waals surface area contributed by atoms with Gasteiger partial charge in [-0.1, -0.05) is 24.3 Å². The molecule has 0 spiro atoms. The number of hydrogen-bond acceptors (Lipinski definition) is 2. The smallest absolute Gasteiger partial charge is 0.317 e. The number of likely N-dealkylation sites (tertiary alicyclic amines) is 2. The van der Waals surface area contributed by atoms with E-state index in [9.17, 15) is 9.59 Å². The first-order valence-electron chi connectivity index (χ1n) is 10.6. The van der Waals surface area contributed by atoms with Crippen molar-refractivity contribution in [2.24, 2.45) is 0 Å². The standard InChI is InChI=1S/C22H31N3O2/c26-21-8-4-15-25(21)20-7-3-14-24(16-13-20)22(27)23-19-11-9-17-5-1-2-6-18(17)10-12-19/h1-2,5-6,19-20H,3-4,7-16H2,(H,23,27). The van der Waals surface area contributed by atoms with Gasteiger partial charge in [0.1, 0.15) is 0 Å². The zero-order valence-electron chi connectivity index (χ0n) is 16.2. The van der Waals surface area contributed by atoms with Crippen molar-refractivity contribution in [3.05, 3.63) is 35.4 Å². The third kappa shape index (κ3) is 4.28. The molecule has 146 valence electrons. The van der Waals surface area contributed by atoms with Crippen molar-refractivity contribution in [3.8, 4) is 0 Å². The molecule has 2 fully saturated rings. The van der Waals surface area contributed by atoms with Crippen molar-refractivity contribution < 1.29 is 9.59 Å². The summed E-state index contributed by atoms with van der Waals surface area (Å²) < 4.78 is 0. The Morgan fingerprint density at radius 1 is 0.889 bits per heavy atom. The molecule has 5 heteroatoms. The fourth-order valence-electron chi connectivity index (χ4n) is 4.91. The highest BCUT2D eigenvalue weighted by Crippen LogP contribution is 2.23. The number of carbonyl (C=O) groups excluding carboxylic acids is 2. The van der Waals surface area contributed by atoms with Crippen molar-refractivity contribution in [2.45, 2.75) is 69.9 Å². The number of amides is 3. The van der Waals surface area contributed by atoms with Gasteiger partial charge in [0.05, 0.1) is 0 Å². The molecule has 2 heterocycles. The van der Waals surface area contributed by atoms with E-state index in [2.05, 4.69) is 34.5 Å². The van der Waals surface area contributed by atoms with Crippen LogP contribution in [0.5, 0.6) is 0 Å². The minimum atomic E-state index is 0.0827. The topological polar surface area (TPSA) is 52.7 Å². The maximum Gasteiger partial charge on any atom is 0.317 e. The first kappa shape index (κ1) is 18.3. The molecule has 3 aliphatic rings. The molecule has 0 saturated carbocycles. The Balaban J connectivity index is 1.29. The molecule has 5 nitrogen and oxygen atoms in total. The van der Waals surface area contributed by atoms with Gasteiger partial charge in [0.2, 0.25) is 5.91 Å². The summed E-state index contributed by atoms with van der Waals surface area (Å²) in [6.45, 7) is 2.46. The molecular weight excluding hydrogens is 338 g/mol. The average molecular weight is 370 g/mol. The molecule has 1 aliphatic carbocycles. The van der Waals surface area contributed by atoms with Crippen molar-refractivity contribution in [2.75, 3.05) is 19.6 Å². The summed E-state index contributed by atoms with van der Waals surface area (Å²) in [6, 6.07) is 9.31. The molecule has 1 unspecified atom stereocenters. The number of urea groups is 1. The molecule has 4 rings (SSSR count). The fraction of sp³-hybridized carbons (Fsp3) is 0.636. The Morgan fingerprint density at radius 2 is 1.63 bits per heavy atom. The molecule has 1 atom stereocenters. The highest BCUT2D eigenvalue weighted by molar-refractivity contribution is 5.78. The van der Waals surface area contributed by atoms with Crippen LogP contribution in [0.1, 0.15) is 56.1 Å². The number of fused-ring (bicyclic) bond motifs is 1. The summed E-state index contributed by atoms with van der Waals surface area (Å²) >= 11 is 0. The van der Waals surface area contributed by atoms with Crippen LogP contribution in [0.3, 0.4) is 0 Å². The van der Waals surface area contributed by atoms with Crippen molar-refractivity contribution >= 4 is 11.9 Å². The van der Waals surface area contributed by atoms with Crippen LogP contribution < -0.4 is 5.32 Å². The number of hydrogen-bond donors (Lipinski definition) is 1. The van der Waals surface area contributed by atoms with Gasteiger partial charge in [-0.15, -0.1) is 0 Å². The van der Waals surface area contributed by atoms with Crippen molar-refractivity contribution in [1.29, 1.82) is 0 Å². The summed E-state index contributed by atoms with van der Waals surface area (Å²) in [7, 11) is 0. The number of aryl methyl sites for hydroxylation is 2. The second-order valence-corrected chi connectivity index (χ2v) is 8.25. The molecule has 27 heavy (non-hydrogen) atoms. The Morgan fingerprint density at radius 3 is 2.30 bits per heavy atom. The first-order chi connectivity index (χ1) is 13.2. The molecule has 1 aromatic carbocycles. The van der Waals surface area contributed by atoms with Crippen LogP contribution in [0, 0.1) is 0 Å². The lowest BCUT2D eigenvalue weighted by atomic mass is 10.0. The van der Waals surface area contributed by atoms with Crippen LogP contribution in [0.2, 0.25) is 0 Å². The maximum absolute atomic E-state index is 12.8. The van der Waals surface area contributed by atoms with Crippen LogP contribution in [0.4, 0.5) is 4.79 Å².